The number of fused-ring (bicyclic) bond motifs is 1. The van der Waals surface area contributed by atoms with Gasteiger partial charge >= 0.3 is 0 Å². The van der Waals surface area contributed by atoms with E-state index in [1.54, 1.807) is 7.11 Å². The third kappa shape index (κ3) is 3.92. The lowest BCUT2D eigenvalue weighted by atomic mass is 9.99. The quantitative estimate of drug-likeness (QED) is 0.638. The van der Waals surface area contributed by atoms with Gasteiger partial charge in [0.05, 0.1) is 18.7 Å². The number of benzene rings is 3. The van der Waals surface area contributed by atoms with Gasteiger partial charge in [0.15, 0.2) is 0 Å². The first-order valence-corrected chi connectivity index (χ1v) is 9.36. The molecule has 4 nitrogen and oxygen atoms in total. The van der Waals surface area contributed by atoms with Crippen LogP contribution in [-0.4, -0.2) is 39.2 Å². The molecule has 3 aromatic carbocycles. The minimum atomic E-state index is 0.505. The molecule has 5 heteroatoms. The first-order chi connectivity index (χ1) is 13.2. The number of ether oxygens (including phenoxy) is 2. The highest BCUT2D eigenvalue weighted by atomic mass is 35.5. The van der Waals surface area contributed by atoms with E-state index in [2.05, 4.69) is 40.6 Å². The molecule has 138 valence electrons. The van der Waals surface area contributed by atoms with Crippen molar-refractivity contribution in [1.29, 1.82) is 0 Å². The lowest BCUT2D eigenvalue weighted by Gasteiger charge is -2.14. The third-order valence-electron chi connectivity index (χ3n) is 4.59. The van der Waals surface area contributed by atoms with Crippen molar-refractivity contribution in [3.8, 4) is 16.9 Å². The fourth-order valence-corrected chi connectivity index (χ4v) is 3.34. The number of hydrogen-bond acceptors (Lipinski definition) is 4. The van der Waals surface area contributed by atoms with Crippen molar-refractivity contribution in [3.05, 3.63) is 65.2 Å². The van der Waals surface area contributed by atoms with Gasteiger partial charge in [-0.1, -0.05) is 35.9 Å². The van der Waals surface area contributed by atoms with E-state index in [9.17, 15) is 0 Å². The minimum Gasteiger partial charge on any atom is -0.490 e. The average Bonchev–Trinajstić information content (AvgIpc) is 3.22. The fraction of sp³-hybridized carbons (Fsp3) is 0.227. The maximum atomic E-state index is 6.01. The van der Waals surface area contributed by atoms with E-state index < -0.39 is 0 Å². The van der Waals surface area contributed by atoms with Crippen molar-refractivity contribution in [2.24, 2.45) is 4.99 Å². The van der Waals surface area contributed by atoms with Gasteiger partial charge in [-0.25, -0.2) is 0 Å². The Hall–Kier alpha value is -2.56. The monoisotopic (exact) mass is 380 g/mol. The summed E-state index contributed by atoms with van der Waals surface area (Å²) in [6.45, 7) is 2.70. The van der Waals surface area contributed by atoms with Crippen LogP contribution in [0.3, 0.4) is 0 Å². The second-order valence-electron chi connectivity index (χ2n) is 6.42. The lowest BCUT2D eigenvalue weighted by Crippen LogP contribution is -2.20. The summed E-state index contributed by atoms with van der Waals surface area (Å²) in [7, 11) is 1.67. The highest BCUT2D eigenvalue weighted by molar-refractivity contribution is 6.30. The summed E-state index contributed by atoms with van der Waals surface area (Å²) < 4.78 is 11.1. The summed E-state index contributed by atoms with van der Waals surface area (Å²) in [6, 6.07) is 18.6. The summed E-state index contributed by atoms with van der Waals surface area (Å²) >= 11 is 6.01. The molecule has 0 unspecified atom stereocenters. The molecular weight excluding hydrogens is 360 g/mol. The fourth-order valence-electron chi connectivity index (χ4n) is 3.22. The SMILES string of the molecule is COCCOc1cc2ccc(-c3ccc(Cl)cc3)cc2cc1C1=NCCN1. The highest BCUT2D eigenvalue weighted by Gasteiger charge is 2.15. The topological polar surface area (TPSA) is 42.9 Å². The van der Waals surface area contributed by atoms with Crippen LogP contribution < -0.4 is 10.1 Å². The van der Waals surface area contributed by atoms with Crippen LogP contribution in [0.25, 0.3) is 21.9 Å². The Bertz CT molecular complexity index is 984. The maximum Gasteiger partial charge on any atom is 0.132 e. The summed E-state index contributed by atoms with van der Waals surface area (Å²) in [5, 5.41) is 6.36. The van der Waals surface area contributed by atoms with E-state index in [1.807, 2.05) is 24.3 Å². The van der Waals surface area contributed by atoms with Crippen molar-refractivity contribution in [2.75, 3.05) is 33.4 Å². The normalized spacial score (nSPS) is 13.5. The van der Waals surface area contributed by atoms with Gasteiger partial charge in [-0.2, -0.15) is 0 Å². The van der Waals surface area contributed by atoms with Crippen LogP contribution in [0, 0.1) is 0 Å². The van der Waals surface area contributed by atoms with Crippen LogP contribution in [0.2, 0.25) is 5.02 Å². The van der Waals surface area contributed by atoms with Crippen molar-refractivity contribution < 1.29 is 9.47 Å². The predicted molar refractivity (Wildman–Crippen MR) is 111 cm³/mol. The number of hydrogen-bond donors (Lipinski definition) is 1. The maximum absolute atomic E-state index is 6.01. The predicted octanol–water partition coefficient (Wildman–Crippen LogP) is 4.54. The first kappa shape index (κ1) is 17.8. The van der Waals surface area contributed by atoms with Gasteiger partial charge in [0, 0.05) is 18.7 Å². The molecule has 0 atom stereocenters. The molecule has 27 heavy (non-hydrogen) atoms. The van der Waals surface area contributed by atoms with Crippen molar-refractivity contribution in [2.45, 2.75) is 0 Å². The molecule has 1 aliphatic rings. The van der Waals surface area contributed by atoms with E-state index in [-0.39, 0.29) is 0 Å². The molecule has 0 radical (unpaired) electrons. The van der Waals surface area contributed by atoms with Crippen molar-refractivity contribution >= 4 is 28.2 Å². The standard InChI is InChI=1S/C22H21ClN2O2/c1-26-10-11-27-21-14-17-3-2-16(15-4-6-19(23)7-5-15)12-18(17)13-20(21)22-24-8-9-25-22/h2-7,12-14H,8-11H2,1H3,(H,24,25). The minimum absolute atomic E-state index is 0.505. The van der Waals surface area contributed by atoms with E-state index in [1.165, 1.54) is 0 Å². The van der Waals surface area contributed by atoms with Gasteiger partial charge < -0.3 is 14.8 Å². The van der Waals surface area contributed by atoms with Crippen LogP contribution in [-0.2, 0) is 4.74 Å². The summed E-state index contributed by atoms with van der Waals surface area (Å²) in [5.41, 5.74) is 3.28. The Kier molecular flexibility index (Phi) is 5.28. The Morgan fingerprint density at radius 1 is 0.963 bits per heavy atom. The zero-order valence-electron chi connectivity index (χ0n) is 15.2. The van der Waals surface area contributed by atoms with Crippen LogP contribution in [0.4, 0.5) is 0 Å². The molecule has 1 N–H and O–H groups in total. The summed E-state index contributed by atoms with van der Waals surface area (Å²) in [5.74, 6) is 1.72. The van der Waals surface area contributed by atoms with E-state index in [0.717, 1.165) is 57.2 Å². The van der Waals surface area contributed by atoms with E-state index in [4.69, 9.17) is 21.1 Å². The third-order valence-corrected chi connectivity index (χ3v) is 4.84. The number of nitrogens with one attached hydrogen (secondary N) is 1. The van der Waals surface area contributed by atoms with Crippen LogP contribution in [0.5, 0.6) is 5.75 Å². The van der Waals surface area contributed by atoms with E-state index in [0.29, 0.717) is 13.2 Å². The van der Waals surface area contributed by atoms with Crippen LogP contribution >= 0.6 is 11.6 Å². The molecule has 0 aromatic heterocycles. The first-order valence-electron chi connectivity index (χ1n) is 8.99. The number of aliphatic imine (C=N–C) groups is 1. The van der Waals surface area contributed by atoms with Gasteiger partial charge in [-0.15, -0.1) is 0 Å². The summed E-state index contributed by atoms with van der Waals surface area (Å²) in [6.07, 6.45) is 0. The molecule has 0 saturated heterocycles. The Morgan fingerprint density at radius 2 is 1.78 bits per heavy atom. The molecular formula is C22H21ClN2O2. The molecule has 3 aromatic rings. The van der Waals surface area contributed by atoms with Crippen molar-refractivity contribution in [3.63, 3.8) is 0 Å². The zero-order valence-corrected chi connectivity index (χ0v) is 15.9. The highest BCUT2D eigenvalue weighted by Crippen LogP contribution is 2.31. The molecule has 4 rings (SSSR count). The van der Waals surface area contributed by atoms with E-state index >= 15 is 0 Å². The van der Waals surface area contributed by atoms with Gasteiger partial charge in [0.2, 0.25) is 0 Å². The molecule has 1 heterocycles. The Balaban J connectivity index is 1.76. The number of nitrogens with zero attached hydrogens (tertiary/aromatic N) is 1. The smallest absolute Gasteiger partial charge is 0.132 e. The van der Waals surface area contributed by atoms with Crippen molar-refractivity contribution in [1.82, 2.24) is 5.32 Å². The molecule has 0 saturated carbocycles. The molecule has 0 fully saturated rings. The molecule has 0 aliphatic carbocycles. The average molecular weight is 381 g/mol. The largest absolute Gasteiger partial charge is 0.490 e. The van der Waals surface area contributed by atoms with Crippen LogP contribution in [0.1, 0.15) is 5.56 Å². The zero-order chi connectivity index (χ0) is 18.6. The number of rotatable bonds is 6. The van der Waals surface area contributed by atoms with Crippen LogP contribution in [0.15, 0.2) is 59.6 Å². The number of methoxy groups -OCH3 is 1. The lowest BCUT2D eigenvalue weighted by molar-refractivity contribution is 0.146. The van der Waals surface area contributed by atoms with Gasteiger partial charge in [0.25, 0.3) is 0 Å². The van der Waals surface area contributed by atoms with Gasteiger partial charge in [-0.05, 0) is 52.2 Å². The number of halogens is 1. The molecule has 1 aliphatic heterocycles. The Labute approximate surface area is 163 Å². The summed E-state index contributed by atoms with van der Waals surface area (Å²) in [4.78, 5) is 4.57. The van der Waals surface area contributed by atoms with Gasteiger partial charge in [-0.3, -0.25) is 4.99 Å². The molecule has 0 spiro atoms. The Morgan fingerprint density at radius 3 is 2.52 bits per heavy atom. The second kappa shape index (κ2) is 7.99. The van der Waals surface area contributed by atoms with Gasteiger partial charge in [0.1, 0.15) is 18.2 Å². The second-order valence-corrected chi connectivity index (χ2v) is 6.85. The molecule has 0 amide bonds. The number of amidine groups is 1. The molecule has 0 bridgehead atoms.